The molecule has 0 spiro atoms. The van der Waals surface area contributed by atoms with Crippen LogP contribution in [-0.4, -0.2) is 71.6 Å². The Kier molecular flexibility index (Phi) is 7.43. The van der Waals surface area contributed by atoms with E-state index in [0.717, 1.165) is 24.4 Å². The second kappa shape index (κ2) is 10.9. The van der Waals surface area contributed by atoms with Crippen molar-refractivity contribution in [2.45, 2.75) is 19.4 Å². The number of benzene rings is 2. The monoisotopic (exact) mass is 520 g/mol. The van der Waals surface area contributed by atoms with Gasteiger partial charge < -0.3 is 19.4 Å². The lowest BCUT2D eigenvalue weighted by Crippen LogP contribution is -2.47. The minimum atomic E-state index is -0.695. The number of hydrogen-bond acceptors (Lipinski definition) is 7. The number of piperazine rings is 1. The minimum Gasteiger partial charge on any atom is -0.463 e. The van der Waals surface area contributed by atoms with Gasteiger partial charge in [0, 0.05) is 37.4 Å². The van der Waals surface area contributed by atoms with Gasteiger partial charge in [-0.05, 0) is 37.1 Å². The van der Waals surface area contributed by atoms with Gasteiger partial charge in [-0.3, -0.25) is 4.79 Å². The molecule has 9 heteroatoms. The van der Waals surface area contributed by atoms with Crippen molar-refractivity contribution in [1.82, 2.24) is 14.7 Å². The molecule has 1 atom stereocenters. The summed E-state index contributed by atoms with van der Waals surface area (Å²) in [5.74, 6) is -0.897. The number of halogens is 1. The highest BCUT2D eigenvalue weighted by atomic mass is 32.2. The van der Waals surface area contributed by atoms with Gasteiger partial charge >= 0.3 is 5.97 Å². The Hall–Kier alpha value is -3.43. The molecule has 0 radical (unpaired) electrons. The number of likely N-dealkylation sites (N-methyl/N-ethyl adjacent to an activating group) is 1. The Morgan fingerprint density at radius 3 is 2.54 bits per heavy atom. The number of amides is 1. The zero-order valence-electron chi connectivity index (χ0n) is 20.9. The van der Waals surface area contributed by atoms with E-state index in [0.29, 0.717) is 35.1 Å². The van der Waals surface area contributed by atoms with E-state index in [4.69, 9.17) is 9.73 Å². The van der Waals surface area contributed by atoms with Crippen molar-refractivity contribution < 1.29 is 18.7 Å². The number of carbonyl (C=O) groups is 2. The number of hydrogen-bond donors (Lipinski definition) is 0. The van der Waals surface area contributed by atoms with Gasteiger partial charge in [0.1, 0.15) is 5.82 Å². The molecule has 7 nitrogen and oxygen atoms in total. The summed E-state index contributed by atoms with van der Waals surface area (Å²) in [5.41, 5.74) is 2.90. The highest BCUT2D eigenvalue weighted by Gasteiger charge is 2.42. The zero-order valence-corrected chi connectivity index (χ0v) is 21.7. The van der Waals surface area contributed by atoms with Crippen LogP contribution in [0.25, 0.3) is 5.70 Å². The lowest BCUT2D eigenvalue weighted by molar-refractivity contribution is -0.139. The van der Waals surface area contributed by atoms with Gasteiger partial charge in [-0.2, -0.15) is 0 Å². The molecule has 3 aliphatic heterocycles. The summed E-state index contributed by atoms with van der Waals surface area (Å²) in [6, 6.07) is 15.0. The van der Waals surface area contributed by atoms with E-state index in [1.165, 1.54) is 23.9 Å². The number of fused-ring (bicyclic) bond motifs is 1. The zero-order chi connectivity index (χ0) is 25.9. The van der Waals surface area contributed by atoms with Crippen LogP contribution in [0, 0.1) is 5.82 Å². The molecule has 5 rings (SSSR count). The Morgan fingerprint density at radius 1 is 1.08 bits per heavy atom. The Balaban J connectivity index is 1.58. The molecule has 1 saturated heterocycles. The molecule has 1 unspecified atom stereocenters. The number of thioether (sulfide) groups is 1. The van der Waals surface area contributed by atoms with E-state index in [9.17, 15) is 14.0 Å². The van der Waals surface area contributed by atoms with Crippen LogP contribution in [0.15, 0.2) is 76.3 Å². The summed E-state index contributed by atoms with van der Waals surface area (Å²) in [4.78, 5) is 37.6. The summed E-state index contributed by atoms with van der Waals surface area (Å²) < 4.78 is 20.0. The molecule has 3 aliphatic rings. The maximum Gasteiger partial charge on any atom is 0.338 e. The molecule has 0 bridgehead atoms. The van der Waals surface area contributed by atoms with E-state index < -0.39 is 17.8 Å². The summed E-state index contributed by atoms with van der Waals surface area (Å²) in [5, 5.41) is 2.55. The first-order valence-electron chi connectivity index (χ1n) is 12.4. The third kappa shape index (κ3) is 5.19. The standard InChI is InChI=1S/C28H29FN4O3S/c1-3-36-27(35)24-25(19-8-5-4-6-9-19)30-28-33(26(24)20-10-7-11-21(29)16-20)22(18-37-28)17-23(34)32-14-12-31(2)13-15-32/h4-11,16,18,26H,3,12-15,17H2,1-2H3. The third-order valence-electron chi connectivity index (χ3n) is 6.71. The van der Waals surface area contributed by atoms with Crippen LogP contribution in [0.4, 0.5) is 4.39 Å². The van der Waals surface area contributed by atoms with Crippen LogP contribution in [-0.2, 0) is 14.3 Å². The van der Waals surface area contributed by atoms with E-state index in [1.807, 2.05) is 52.6 Å². The van der Waals surface area contributed by atoms with Gasteiger partial charge in [0.15, 0.2) is 5.17 Å². The third-order valence-corrected chi connectivity index (χ3v) is 7.59. The molecule has 1 fully saturated rings. The SMILES string of the molecule is CCOC(=O)C1=C(c2ccccc2)N=C2SC=C(CC(=O)N3CCN(C)CC3)N2C1c1cccc(F)c1. The van der Waals surface area contributed by atoms with E-state index in [-0.39, 0.29) is 18.9 Å². The summed E-state index contributed by atoms with van der Waals surface area (Å²) in [6.07, 6.45) is 0.165. The number of rotatable bonds is 6. The molecule has 3 heterocycles. The lowest BCUT2D eigenvalue weighted by Gasteiger charge is -2.38. The average molecular weight is 521 g/mol. The van der Waals surface area contributed by atoms with Gasteiger partial charge in [0.25, 0.3) is 0 Å². The predicted molar refractivity (Wildman–Crippen MR) is 143 cm³/mol. The van der Waals surface area contributed by atoms with Crippen molar-refractivity contribution in [2.75, 3.05) is 39.8 Å². The van der Waals surface area contributed by atoms with Crippen LogP contribution < -0.4 is 0 Å². The maximum absolute atomic E-state index is 14.5. The van der Waals surface area contributed by atoms with E-state index in [1.54, 1.807) is 19.1 Å². The van der Waals surface area contributed by atoms with Crippen LogP contribution in [0.2, 0.25) is 0 Å². The van der Waals surface area contributed by atoms with Crippen LogP contribution in [0.1, 0.15) is 30.5 Å². The number of nitrogens with zero attached hydrogens (tertiary/aromatic N) is 4. The number of aliphatic imine (C=N–C) groups is 1. The van der Waals surface area contributed by atoms with Gasteiger partial charge in [-0.25, -0.2) is 14.2 Å². The number of esters is 1. The Bertz CT molecular complexity index is 1290. The average Bonchev–Trinajstić information content (AvgIpc) is 3.30. The lowest BCUT2D eigenvalue weighted by atomic mass is 9.91. The first kappa shape index (κ1) is 25.2. The topological polar surface area (TPSA) is 65.5 Å². The van der Waals surface area contributed by atoms with Crippen LogP contribution in [0.5, 0.6) is 0 Å². The van der Waals surface area contributed by atoms with Crippen molar-refractivity contribution in [3.05, 3.63) is 88.2 Å². The van der Waals surface area contributed by atoms with Gasteiger partial charge in [0.05, 0.1) is 30.3 Å². The largest absolute Gasteiger partial charge is 0.463 e. The molecular weight excluding hydrogens is 491 g/mol. The molecule has 37 heavy (non-hydrogen) atoms. The highest BCUT2D eigenvalue weighted by Crippen LogP contribution is 2.47. The molecule has 0 saturated carbocycles. The van der Waals surface area contributed by atoms with Crippen molar-refractivity contribution in [3.63, 3.8) is 0 Å². The molecule has 2 aromatic carbocycles. The van der Waals surface area contributed by atoms with Crippen molar-refractivity contribution in [1.29, 1.82) is 0 Å². The highest BCUT2D eigenvalue weighted by molar-refractivity contribution is 8.16. The second-order valence-electron chi connectivity index (χ2n) is 9.16. The van der Waals surface area contributed by atoms with Crippen LogP contribution in [0.3, 0.4) is 0 Å². The summed E-state index contributed by atoms with van der Waals surface area (Å²) in [6.45, 7) is 4.96. The summed E-state index contributed by atoms with van der Waals surface area (Å²) >= 11 is 1.41. The molecule has 2 aromatic rings. The second-order valence-corrected chi connectivity index (χ2v) is 10.00. The normalized spacial score (nSPS) is 19.9. The molecule has 1 amide bonds. The quantitative estimate of drug-likeness (QED) is 0.531. The van der Waals surface area contributed by atoms with Gasteiger partial charge in [-0.1, -0.05) is 54.2 Å². The molecule has 0 N–H and O–H groups in total. The summed E-state index contributed by atoms with van der Waals surface area (Å²) in [7, 11) is 2.05. The Labute approximate surface area is 220 Å². The fourth-order valence-electron chi connectivity index (χ4n) is 4.80. The number of ether oxygens (including phenoxy) is 1. The fraction of sp³-hybridized carbons (Fsp3) is 0.321. The first-order valence-corrected chi connectivity index (χ1v) is 13.3. The van der Waals surface area contributed by atoms with Crippen molar-refractivity contribution in [2.24, 2.45) is 4.99 Å². The maximum atomic E-state index is 14.5. The van der Waals surface area contributed by atoms with Gasteiger partial charge in [-0.15, -0.1) is 0 Å². The molecular formula is C28H29FN4O3S. The van der Waals surface area contributed by atoms with Gasteiger partial charge in [0.2, 0.25) is 5.91 Å². The van der Waals surface area contributed by atoms with Crippen molar-refractivity contribution >= 4 is 34.5 Å². The molecule has 0 aliphatic carbocycles. The number of amidine groups is 1. The first-order chi connectivity index (χ1) is 18.0. The molecule has 0 aromatic heterocycles. The fourth-order valence-corrected chi connectivity index (χ4v) is 5.72. The minimum absolute atomic E-state index is 0.0229. The van der Waals surface area contributed by atoms with E-state index in [2.05, 4.69) is 4.90 Å². The molecule has 192 valence electrons. The Morgan fingerprint density at radius 2 is 1.84 bits per heavy atom. The number of carbonyl (C=O) groups excluding carboxylic acids is 2. The predicted octanol–water partition coefficient (Wildman–Crippen LogP) is 4.27. The van der Waals surface area contributed by atoms with E-state index >= 15 is 0 Å². The smallest absolute Gasteiger partial charge is 0.338 e. The van der Waals surface area contributed by atoms with Crippen molar-refractivity contribution in [3.8, 4) is 0 Å². The van der Waals surface area contributed by atoms with Crippen LogP contribution >= 0.6 is 11.8 Å².